The number of nitrogens with one attached hydrogen (secondary N) is 1. The molecule has 22 heavy (non-hydrogen) atoms. The van der Waals surface area contributed by atoms with Crippen LogP contribution in [0.4, 0.5) is 11.4 Å². The van der Waals surface area contributed by atoms with Crippen LogP contribution in [0.15, 0.2) is 24.3 Å². The van der Waals surface area contributed by atoms with E-state index in [1.54, 1.807) is 0 Å². The van der Waals surface area contributed by atoms with Crippen LogP contribution >= 0.6 is 0 Å². The van der Waals surface area contributed by atoms with E-state index in [0.29, 0.717) is 5.92 Å². The number of amides is 1. The van der Waals surface area contributed by atoms with Crippen LogP contribution in [-0.4, -0.2) is 32.2 Å². The topological polar surface area (TPSA) is 41.6 Å². The minimum absolute atomic E-state index is 0.228. The number of anilines is 2. The van der Waals surface area contributed by atoms with Crippen LogP contribution in [0, 0.1) is 17.8 Å². The zero-order valence-corrected chi connectivity index (χ0v) is 13.0. The zero-order valence-electron chi connectivity index (χ0n) is 13.0. The molecular weight excluding hydrogens is 276 g/mol. The summed E-state index contributed by atoms with van der Waals surface area (Å²) < 4.78 is 5.38. The van der Waals surface area contributed by atoms with Crippen molar-refractivity contribution in [3.63, 3.8) is 0 Å². The minimum Gasteiger partial charge on any atom is -0.378 e. The summed E-state index contributed by atoms with van der Waals surface area (Å²) >= 11 is 0. The van der Waals surface area contributed by atoms with Crippen LogP contribution in [0.1, 0.15) is 25.7 Å². The number of morpholine rings is 1. The maximum atomic E-state index is 12.5. The van der Waals surface area contributed by atoms with Crippen LogP contribution in [0.3, 0.4) is 0 Å². The van der Waals surface area contributed by atoms with E-state index in [1.165, 1.54) is 24.9 Å². The largest absolute Gasteiger partial charge is 0.378 e. The Hall–Kier alpha value is -1.55. The molecule has 1 amide bonds. The molecule has 2 bridgehead atoms. The van der Waals surface area contributed by atoms with Gasteiger partial charge in [0.1, 0.15) is 0 Å². The molecular formula is C18H24N2O2. The Labute approximate surface area is 131 Å². The van der Waals surface area contributed by atoms with Gasteiger partial charge in [0.15, 0.2) is 0 Å². The second-order valence-corrected chi connectivity index (χ2v) is 6.92. The van der Waals surface area contributed by atoms with E-state index in [2.05, 4.69) is 22.3 Å². The molecule has 0 radical (unpaired) electrons. The molecule has 0 aromatic heterocycles. The minimum atomic E-state index is 0.228. The molecule has 0 spiro atoms. The van der Waals surface area contributed by atoms with E-state index in [1.807, 2.05) is 12.1 Å². The van der Waals surface area contributed by atoms with Gasteiger partial charge in [0.05, 0.1) is 13.2 Å². The molecule has 1 aliphatic heterocycles. The summed E-state index contributed by atoms with van der Waals surface area (Å²) in [6, 6.07) is 8.25. The fraction of sp³-hybridized carbons (Fsp3) is 0.611. The molecule has 118 valence electrons. The lowest BCUT2D eigenvalue weighted by molar-refractivity contribution is -0.121. The molecule has 4 rings (SSSR count). The van der Waals surface area contributed by atoms with E-state index in [0.717, 1.165) is 44.3 Å². The summed E-state index contributed by atoms with van der Waals surface area (Å²) in [5, 5.41) is 3.12. The first-order chi connectivity index (χ1) is 10.8. The van der Waals surface area contributed by atoms with Crippen molar-refractivity contribution in [2.75, 3.05) is 36.5 Å². The highest BCUT2D eigenvalue weighted by atomic mass is 16.5. The van der Waals surface area contributed by atoms with Crippen molar-refractivity contribution < 1.29 is 9.53 Å². The van der Waals surface area contributed by atoms with Crippen molar-refractivity contribution in [1.29, 1.82) is 0 Å². The summed E-state index contributed by atoms with van der Waals surface area (Å²) in [7, 11) is 0. The standard InChI is InChI=1S/C18H24N2O2/c21-18(17-12-13-1-2-14(17)11-13)19-15-3-5-16(6-4-15)20-7-9-22-10-8-20/h3-6,13-14,17H,1-2,7-12H2,(H,19,21)/t13-,14-,17+/m0/s1. The fourth-order valence-corrected chi connectivity index (χ4v) is 4.38. The van der Waals surface area contributed by atoms with E-state index in [4.69, 9.17) is 4.74 Å². The molecule has 2 aliphatic carbocycles. The molecule has 4 nitrogen and oxygen atoms in total. The van der Waals surface area contributed by atoms with Crippen molar-refractivity contribution in [3.8, 4) is 0 Å². The number of carbonyl (C=O) groups is 1. The Morgan fingerprint density at radius 1 is 1.09 bits per heavy atom. The van der Waals surface area contributed by atoms with Gasteiger partial charge in [-0.05, 0) is 55.4 Å². The van der Waals surface area contributed by atoms with Gasteiger partial charge in [-0.1, -0.05) is 6.42 Å². The zero-order chi connectivity index (χ0) is 14.9. The van der Waals surface area contributed by atoms with Gasteiger partial charge in [0, 0.05) is 30.4 Å². The number of hydrogen-bond acceptors (Lipinski definition) is 3. The quantitative estimate of drug-likeness (QED) is 0.933. The predicted octanol–water partition coefficient (Wildman–Crippen LogP) is 2.90. The summed E-state index contributed by atoms with van der Waals surface area (Å²) in [6.45, 7) is 3.47. The normalized spacial score (nSPS) is 30.5. The van der Waals surface area contributed by atoms with E-state index < -0.39 is 0 Å². The van der Waals surface area contributed by atoms with Crippen molar-refractivity contribution in [3.05, 3.63) is 24.3 Å². The molecule has 3 aliphatic rings. The lowest BCUT2D eigenvalue weighted by Gasteiger charge is -2.29. The third kappa shape index (κ3) is 2.72. The van der Waals surface area contributed by atoms with Gasteiger partial charge in [-0.3, -0.25) is 4.79 Å². The van der Waals surface area contributed by atoms with Crippen LogP contribution < -0.4 is 10.2 Å². The van der Waals surface area contributed by atoms with Gasteiger partial charge in [-0.15, -0.1) is 0 Å². The first kappa shape index (κ1) is 14.1. The smallest absolute Gasteiger partial charge is 0.227 e. The number of ether oxygens (including phenoxy) is 1. The SMILES string of the molecule is O=C(Nc1ccc(N2CCOCC2)cc1)[C@@H]1C[C@H]2CC[C@H]1C2. The monoisotopic (exact) mass is 300 g/mol. The predicted molar refractivity (Wildman–Crippen MR) is 87.0 cm³/mol. The van der Waals surface area contributed by atoms with E-state index in [-0.39, 0.29) is 11.8 Å². The number of hydrogen-bond donors (Lipinski definition) is 1. The average Bonchev–Trinajstić information content (AvgIpc) is 3.19. The van der Waals surface area contributed by atoms with Gasteiger partial charge >= 0.3 is 0 Å². The average molecular weight is 300 g/mol. The van der Waals surface area contributed by atoms with Gasteiger partial charge in [0.2, 0.25) is 5.91 Å². The molecule has 1 aromatic rings. The number of nitrogens with zero attached hydrogens (tertiary/aromatic N) is 1. The third-order valence-corrected chi connectivity index (χ3v) is 5.59. The number of fused-ring (bicyclic) bond motifs is 2. The summed E-state index contributed by atoms with van der Waals surface area (Å²) in [4.78, 5) is 14.8. The van der Waals surface area contributed by atoms with Crippen LogP contribution in [0.2, 0.25) is 0 Å². The Balaban J connectivity index is 1.37. The molecule has 1 aromatic carbocycles. The van der Waals surface area contributed by atoms with Crippen molar-refractivity contribution >= 4 is 17.3 Å². The first-order valence-electron chi connectivity index (χ1n) is 8.53. The Bertz CT molecular complexity index is 537. The molecule has 1 heterocycles. The fourth-order valence-electron chi connectivity index (χ4n) is 4.38. The summed E-state index contributed by atoms with van der Waals surface area (Å²) in [5.41, 5.74) is 2.13. The molecule has 0 unspecified atom stereocenters. The highest BCUT2D eigenvalue weighted by Gasteiger charge is 2.42. The Morgan fingerprint density at radius 2 is 1.86 bits per heavy atom. The van der Waals surface area contributed by atoms with Crippen molar-refractivity contribution in [2.24, 2.45) is 17.8 Å². The van der Waals surface area contributed by atoms with Crippen molar-refractivity contribution in [1.82, 2.24) is 0 Å². The Kier molecular flexibility index (Phi) is 3.78. The summed E-state index contributed by atoms with van der Waals surface area (Å²) in [5.74, 6) is 1.92. The highest BCUT2D eigenvalue weighted by molar-refractivity contribution is 5.93. The van der Waals surface area contributed by atoms with Crippen LogP contribution in [0.5, 0.6) is 0 Å². The van der Waals surface area contributed by atoms with Crippen LogP contribution in [-0.2, 0) is 9.53 Å². The molecule has 1 saturated heterocycles. The first-order valence-corrected chi connectivity index (χ1v) is 8.53. The number of rotatable bonds is 3. The van der Waals surface area contributed by atoms with E-state index >= 15 is 0 Å². The van der Waals surface area contributed by atoms with E-state index in [9.17, 15) is 4.79 Å². The maximum Gasteiger partial charge on any atom is 0.227 e. The molecule has 2 saturated carbocycles. The number of benzene rings is 1. The highest BCUT2D eigenvalue weighted by Crippen LogP contribution is 2.48. The Morgan fingerprint density at radius 3 is 2.50 bits per heavy atom. The second-order valence-electron chi connectivity index (χ2n) is 6.92. The van der Waals surface area contributed by atoms with Gasteiger partial charge in [-0.25, -0.2) is 0 Å². The molecule has 3 atom stereocenters. The van der Waals surface area contributed by atoms with Gasteiger partial charge < -0.3 is 15.0 Å². The van der Waals surface area contributed by atoms with Gasteiger partial charge in [-0.2, -0.15) is 0 Å². The lowest BCUT2D eigenvalue weighted by Crippen LogP contribution is -2.36. The molecule has 3 fully saturated rings. The lowest BCUT2D eigenvalue weighted by atomic mass is 9.88. The van der Waals surface area contributed by atoms with Crippen molar-refractivity contribution in [2.45, 2.75) is 25.7 Å². The maximum absolute atomic E-state index is 12.5. The molecule has 1 N–H and O–H groups in total. The molecule has 4 heteroatoms. The third-order valence-electron chi connectivity index (χ3n) is 5.59. The van der Waals surface area contributed by atoms with Gasteiger partial charge in [0.25, 0.3) is 0 Å². The van der Waals surface area contributed by atoms with Crippen LogP contribution in [0.25, 0.3) is 0 Å². The summed E-state index contributed by atoms with van der Waals surface area (Å²) in [6.07, 6.45) is 4.96. The number of carbonyl (C=O) groups excluding carboxylic acids is 1. The second kappa shape index (κ2) is 5.92.